The smallest absolute Gasteiger partial charge is 0.246 e. The fourth-order valence-electron chi connectivity index (χ4n) is 1.09. The van der Waals surface area contributed by atoms with Gasteiger partial charge >= 0.3 is 0 Å². The highest BCUT2D eigenvalue weighted by Gasteiger charge is 2.27. The Balaban J connectivity index is 2.35. The Morgan fingerprint density at radius 3 is 2.60 bits per heavy atom. The molecule has 1 rings (SSSR count). The van der Waals surface area contributed by atoms with Crippen LogP contribution in [-0.4, -0.2) is 24.7 Å². The molecule has 1 aliphatic heterocycles. The minimum atomic E-state index is -0.395. The zero-order valence-corrected chi connectivity index (χ0v) is 5.75. The molecule has 1 saturated heterocycles. The van der Waals surface area contributed by atoms with E-state index in [1.165, 1.54) is 0 Å². The summed E-state index contributed by atoms with van der Waals surface area (Å²) >= 11 is 0. The number of rotatable bonds is 2. The first-order chi connectivity index (χ1) is 4.74. The van der Waals surface area contributed by atoms with E-state index in [9.17, 15) is 4.79 Å². The molecule has 2 atom stereocenters. The lowest BCUT2D eigenvalue weighted by molar-refractivity contribution is -0.128. The van der Waals surface area contributed by atoms with Crippen molar-refractivity contribution in [2.24, 2.45) is 11.5 Å². The molecular weight excluding hydrogens is 132 g/mol. The molecule has 1 fully saturated rings. The van der Waals surface area contributed by atoms with Gasteiger partial charge in [0.2, 0.25) is 5.91 Å². The lowest BCUT2D eigenvalue weighted by atomic mass is 10.2. The molecule has 0 saturated carbocycles. The van der Waals surface area contributed by atoms with Gasteiger partial charge < -0.3 is 16.2 Å². The highest BCUT2D eigenvalue weighted by Crippen LogP contribution is 2.17. The SMILES string of the molecule is NC[C@H]1CC[C@@H](C(N)=O)O1. The summed E-state index contributed by atoms with van der Waals surface area (Å²) in [6, 6.07) is 0. The monoisotopic (exact) mass is 144 g/mol. The number of primary amides is 1. The topological polar surface area (TPSA) is 78.3 Å². The predicted molar refractivity (Wildman–Crippen MR) is 36.1 cm³/mol. The Morgan fingerprint density at radius 1 is 1.60 bits per heavy atom. The maximum Gasteiger partial charge on any atom is 0.246 e. The maximum absolute atomic E-state index is 10.5. The maximum atomic E-state index is 10.5. The summed E-state index contributed by atoms with van der Waals surface area (Å²) in [6.07, 6.45) is 1.22. The molecule has 0 spiro atoms. The third-order valence-corrected chi connectivity index (χ3v) is 1.69. The van der Waals surface area contributed by atoms with Gasteiger partial charge in [0.1, 0.15) is 6.10 Å². The van der Waals surface area contributed by atoms with Crippen LogP contribution in [-0.2, 0) is 9.53 Å². The van der Waals surface area contributed by atoms with Gasteiger partial charge in [-0.05, 0) is 12.8 Å². The highest BCUT2D eigenvalue weighted by atomic mass is 16.5. The van der Waals surface area contributed by atoms with Crippen molar-refractivity contribution in [3.8, 4) is 0 Å². The Kier molecular flexibility index (Phi) is 2.24. The molecule has 0 aliphatic carbocycles. The molecule has 4 heteroatoms. The van der Waals surface area contributed by atoms with Crippen LogP contribution in [0.15, 0.2) is 0 Å². The van der Waals surface area contributed by atoms with Crippen LogP contribution in [0.5, 0.6) is 0 Å². The number of ether oxygens (including phenoxy) is 1. The van der Waals surface area contributed by atoms with Crippen molar-refractivity contribution in [3.63, 3.8) is 0 Å². The summed E-state index contributed by atoms with van der Waals surface area (Å²) in [5.74, 6) is -0.379. The Bertz CT molecular complexity index is 138. The third kappa shape index (κ3) is 1.46. The van der Waals surface area contributed by atoms with Crippen LogP contribution in [0, 0.1) is 0 Å². The van der Waals surface area contributed by atoms with Crippen molar-refractivity contribution in [1.29, 1.82) is 0 Å². The molecule has 1 heterocycles. The van der Waals surface area contributed by atoms with E-state index >= 15 is 0 Å². The van der Waals surface area contributed by atoms with Gasteiger partial charge in [0, 0.05) is 6.54 Å². The molecule has 4 N–H and O–H groups in total. The minimum absolute atomic E-state index is 0.0394. The van der Waals surface area contributed by atoms with E-state index < -0.39 is 6.10 Å². The van der Waals surface area contributed by atoms with E-state index in [0.29, 0.717) is 6.54 Å². The van der Waals surface area contributed by atoms with E-state index in [1.54, 1.807) is 0 Å². The van der Waals surface area contributed by atoms with E-state index in [1.807, 2.05) is 0 Å². The molecule has 0 aromatic heterocycles. The quantitative estimate of drug-likeness (QED) is 0.520. The Labute approximate surface area is 59.5 Å². The zero-order valence-electron chi connectivity index (χ0n) is 5.75. The van der Waals surface area contributed by atoms with Crippen LogP contribution in [0.4, 0.5) is 0 Å². The molecule has 0 aromatic carbocycles. The molecule has 58 valence electrons. The van der Waals surface area contributed by atoms with Crippen molar-refractivity contribution in [2.75, 3.05) is 6.54 Å². The van der Waals surface area contributed by atoms with Crippen LogP contribution in [0.2, 0.25) is 0 Å². The second-order valence-corrected chi connectivity index (χ2v) is 2.46. The van der Waals surface area contributed by atoms with E-state index in [0.717, 1.165) is 12.8 Å². The van der Waals surface area contributed by atoms with Gasteiger partial charge in [-0.1, -0.05) is 0 Å². The number of carbonyl (C=O) groups is 1. The van der Waals surface area contributed by atoms with Crippen LogP contribution < -0.4 is 11.5 Å². The van der Waals surface area contributed by atoms with Crippen LogP contribution in [0.1, 0.15) is 12.8 Å². The average Bonchev–Trinajstić information content (AvgIpc) is 2.34. The molecule has 0 radical (unpaired) electrons. The third-order valence-electron chi connectivity index (χ3n) is 1.69. The summed E-state index contributed by atoms with van der Waals surface area (Å²) in [7, 11) is 0. The van der Waals surface area contributed by atoms with Crippen LogP contribution in [0.25, 0.3) is 0 Å². The summed E-state index contributed by atoms with van der Waals surface area (Å²) < 4.78 is 5.17. The van der Waals surface area contributed by atoms with Gasteiger partial charge in [0.15, 0.2) is 0 Å². The Hall–Kier alpha value is -0.610. The van der Waals surface area contributed by atoms with Crippen LogP contribution in [0.3, 0.4) is 0 Å². The normalized spacial score (nSPS) is 32.5. The lowest BCUT2D eigenvalue weighted by Gasteiger charge is -2.07. The van der Waals surface area contributed by atoms with Gasteiger partial charge in [0.25, 0.3) is 0 Å². The molecule has 0 aromatic rings. The first-order valence-corrected chi connectivity index (χ1v) is 3.39. The van der Waals surface area contributed by atoms with Crippen molar-refractivity contribution in [3.05, 3.63) is 0 Å². The number of amides is 1. The fraction of sp³-hybridized carbons (Fsp3) is 0.833. The highest BCUT2D eigenvalue weighted by molar-refractivity contribution is 5.79. The van der Waals surface area contributed by atoms with Crippen molar-refractivity contribution in [2.45, 2.75) is 25.0 Å². The fourth-order valence-corrected chi connectivity index (χ4v) is 1.09. The molecule has 0 bridgehead atoms. The van der Waals surface area contributed by atoms with Gasteiger partial charge in [0.05, 0.1) is 6.10 Å². The van der Waals surface area contributed by atoms with E-state index in [4.69, 9.17) is 16.2 Å². The van der Waals surface area contributed by atoms with Crippen molar-refractivity contribution in [1.82, 2.24) is 0 Å². The molecule has 10 heavy (non-hydrogen) atoms. The zero-order chi connectivity index (χ0) is 7.56. The number of carbonyl (C=O) groups excluding carboxylic acids is 1. The number of hydrogen-bond acceptors (Lipinski definition) is 3. The van der Waals surface area contributed by atoms with Crippen molar-refractivity contribution >= 4 is 5.91 Å². The number of hydrogen-bond donors (Lipinski definition) is 2. The standard InChI is InChI=1S/C6H12N2O2/c7-3-4-1-2-5(10-4)6(8)9/h4-5H,1-3,7H2,(H2,8,9)/t4-,5+/m1/s1. The van der Waals surface area contributed by atoms with E-state index in [2.05, 4.69) is 0 Å². The molecule has 0 unspecified atom stereocenters. The van der Waals surface area contributed by atoms with Gasteiger partial charge in [-0.15, -0.1) is 0 Å². The first-order valence-electron chi connectivity index (χ1n) is 3.39. The van der Waals surface area contributed by atoms with Gasteiger partial charge in [-0.25, -0.2) is 0 Å². The number of nitrogens with two attached hydrogens (primary N) is 2. The Morgan fingerprint density at radius 2 is 2.30 bits per heavy atom. The average molecular weight is 144 g/mol. The second kappa shape index (κ2) is 2.98. The van der Waals surface area contributed by atoms with Gasteiger partial charge in [-0.3, -0.25) is 4.79 Å². The summed E-state index contributed by atoms with van der Waals surface area (Å²) in [6.45, 7) is 0.476. The first kappa shape index (κ1) is 7.50. The van der Waals surface area contributed by atoms with Crippen LogP contribution >= 0.6 is 0 Å². The molecule has 4 nitrogen and oxygen atoms in total. The summed E-state index contributed by atoms with van der Waals surface area (Å²) in [5.41, 5.74) is 10.3. The minimum Gasteiger partial charge on any atom is -0.367 e. The second-order valence-electron chi connectivity index (χ2n) is 2.46. The molecule has 1 aliphatic rings. The summed E-state index contributed by atoms with van der Waals surface area (Å²) in [4.78, 5) is 10.5. The predicted octanol–water partition coefficient (Wildman–Crippen LogP) is -1.02. The van der Waals surface area contributed by atoms with Gasteiger partial charge in [-0.2, -0.15) is 0 Å². The lowest BCUT2D eigenvalue weighted by Crippen LogP contribution is -2.30. The molecular formula is C6H12N2O2. The van der Waals surface area contributed by atoms with E-state index in [-0.39, 0.29) is 12.0 Å². The molecule has 1 amide bonds. The van der Waals surface area contributed by atoms with Crippen molar-refractivity contribution < 1.29 is 9.53 Å². The largest absolute Gasteiger partial charge is 0.367 e. The summed E-state index contributed by atoms with van der Waals surface area (Å²) in [5, 5.41) is 0.